The number of nitrogens with zero attached hydrogens (tertiary/aromatic N) is 1. The Bertz CT molecular complexity index is 517. The zero-order valence-electron chi connectivity index (χ0n) is 11.7. The number of hydrogen-bond acceptors (Lipinski definition) is 3. The Morgan fingerprint density at radius 2 is 1.86 bits per heavy atom. The van der Waals surface area contributed by atoms with Gasteiger partial charge in [-0.1, -0.05) is 0 Å². The maximum absolute atomic E-state index is 13.4. The normalized spacial score (nSPS) is 16.8. The van der Waals surface area contributed by atoms with Gasteiger partial charge < -0.3 is 15.0 Å². The van der Waals surface area contributed by atoms with Crippen molar-refractivity contribution in [1.82, 2.24) is 10.2 Å². The van der Waals surface area contributed by atoms with Crippen LogP contribution in [0, 0.1) is 17.5 Å². The number of amides is 1. The van der Waals surface area contributed by atoms with E-state index < -0.39 is 23.5 Å². The van der Waals surface area contributed by atoms with Crippen molar-refractivity contribution in [1.29, 1.82) is 0 Å². The van der Waals surface area contributed by atoms with Crippen molar-refractivity contribution in [2.45, 2.75) is 25.5 Å². The van der Waals surface area contributed by atoms with Crippen LogP contribution < -0.4 is 5.32 Å². The molecule has 1 aromatic rings. The molecule has 1 heterocycles. The first-order chi connectivity index (χ1) is 9.95. The summed E-state index contributed by atoms with van der Waals surface area (Å²) in [4.78, 5) is 13.7. The zero-order valence-corrected chi connectivity index (χ0v) is 11.7. The Balaban J connectivity index is 1.83. The second-order valence-electron chi connectivity index (χ2n) is 5.12. The molecule has 0 aromatic heterocycles. The highest BCUT2D eigenvalue weighted by atomic mass is 19.2. The van der Waals surface area contributed by atoms with E-state index in [1.165, 1.54) is 0 Å². The summed E-state index contributed by atoms with van der Waals surface area (Å²) in [6.07, 6.45) is 0.622. The van der Waals surface area contributed by atoms with Gasteiger partial charge >= 0.3 is 6.09 Å². The number of carbonyl (C=O) groups is 1. The van der Waals surface area contributed by atoms with Crippen molar-refractivity contribution < 1.29 is 22.7 Å². The molecule has 1 fully saturated rings. The molecule has 0 bridgehead atoms. The first kappa shape index (κ1) is 15.6. The molecule has 1 aliphatic heterocycles. The second kappa shape index (κ2) is 6.80. The van der Waals surface area contributed by atoms with Gasteiger partial charge in [-0.25, -0.2) is 18.0 Å². The van der Waals surface area contributed by atoms with Crippen LogP contribution in [0.2, 0.25) is 0 Å². The molecule has 4 nitrogen and oxygen atoms in total. The second-order valence-corrected chi connectivity index (χ2v) is 5.12. The number of carbonyl (C=O) groups excluding carboxylic acids is 1. The van der Waals surface area contributed by atoms with Gasteiger partial charge in [0, 0.05) is 31.3 Å². The molecular formula is C14H17F3N2O2. The molecule has 1 aromatic carbocycles. The Morgan fingerprint density at radius 3 is 2.52 bits per heavy atom. The lowest BCUT2D eigenvalue weighted by Gasteiger charge is -2.28. The average molecular weight is 302 g/mol. The average Bonchev–Trinajstić information content (AvgIpc) is 2.44. The van der Waals surface area contributed by atoms with Gasteiger partial charge in [-0.05, 0) is 26.0 Å². The molecule has 0 spiro atoms. The highest BCUT2D eigenvalue weighted by molar-refractivity contribution is 5.67. The molecule has 0 atom stereocenters. The van der Waals surface area contributed by atoms with Gasteiger partial charge in [-0.2, -0.15) is 0 Å². The standard InChI is InChI=1S/C14H17F3N2O2/c1-19-4-2-10(3-5-19)21-14(20)18-8-9-6-12(16)13(17)7-11(9)15/h6-7,10H,2-5,8H2,1H3,(H,18,20). The van der Waals surface area contributed by atoms with Crippen molar-refractivity contribution in [3.8, 4) is 0 Å². The minimum absolute atomic E-state index is 0.130. The number of rotatable bonds is 3. The number of piperidine rings is 1. The fourth-order valence-corrected chi connectivity index (χ4v) is 2.16. The lowest BCUT2D eigenvalue weighted by Crippen LogP contribution is -2.37. The number of hydrogen-bond donors (Lipinski definition) is 1. The fourth-order valence-electron chi connectivity index (χ4n) is 2.16. The third kappa shape index (κ3) is 4.35. The van der Waals surface area contributed by atoms with E-state index in [0.717, 1.165) is 32.0 Å². The van der Waals surface area contributed by atoms with Crippen LogP contribution in [0.25, 0.3) is 0 Å². The van der Waals surface area contributed by atoms with Gasteiger partial charge in [-0.15, -0.1) is 0 Å². The SMILES string of the molecule is CN1CCC(OC(=O)NCc2cc(F)c(F)cc2F)CC1. The number of likely N-dealkylation sites (tertiary alicyclic amines) is 1. The fraction of sp³-hybridized carbons (Fsp3) is 0.500. The number of ether oxygens (including phenoxy) is 1. The minimum atomic E-state index is -1.26. The van der Waals surface area contributed by atoms with E-state index >= 15 is 0 Å². The first-order valence-electron chi connectivity index (χ1n) is 6.72. The number of halogens is 3. The highest BCUT2D eigenvalue weighted by Gasteiger charge is 2.20. The molecule has 7 heteroatoms. The largest absolute Gasteiger partial charge is 0.446 e. The summed E-state index contributed by atoms with van der Waals surface area (Å²) in [6.45, 7) is 1.43. The molecule has 1 amide bonds. The molecule has 0 aliphatic carbocycles. The van der Waals surface area contributed by atoms with Crippen LogP contribution in [0.4, 0.5) is 18.0 Å². The van der Waals surface area contributed by atoms with Crippen molar-refractivity contribution in [3.63, 3.8) is 0 Å². The van der Waals surface area contributed by atoms with Crippen molar-refractivity contribution >= 4 is 6.09 Å². The topological polar surface area (TPSA) is 41.6 Å². The Labute approximate surface area is 120 Å². The number of nitrogens with one attached hydrogen (secondary N) is 1. The van der Waals surface area contributed by atoms with Gasteiger partial charge in [0.2, 0.25) is 0 Å². The summed E-state index contributed by atoms with van der Waals surface area (Å²) in [6, 6.07) is 1.18. The third-order valence-corrected chi connectivity index (χ3v) is 3.45. The summed E-state index contributed by atoms with van der Waals surface area (Å²) in [5.41, 5.74) is -0.130. The molecule has 21 heavy (non-hydrogen) atoms. The predicted octanol–water partition coefficient (Wildman–Crippen LogP) is 2.42. The maximum atomic E-state index is 13.4. The monoisotopic (exact) mass is 302 g/mol. The molecule has 0 radical (unpaired) electrons. The van der Waals surface area contributed by atoms with Gasteiger partial charge in [-0.3, -0.25) is 0 Å². The van der Waals surface area contributed by atoms with E-state index in [-0.39, 0.29) is 18.2 Å². The minimum Gasteiger partial charge on any atom is -0.446 e. The zero-order chi connectivity index (χ0) is 15.4. The lowest BCUT2D eigenvalue weighted by atomic mass is 10.1. The maximum Gasteiger partial charge on any atom is 0.407 e. The van der Waals surface area contributed by atoms with Crippen LogP contribution in [0.1, 0.15) is 18.4 Å². The van der Waals surface area contributed by atoms with E-state index in [4.69, 9.17) is 4.74 Å². The van der Waals surface area contributed by atoms with E-state index in [0.29, 0.717) is 6.07 Å². The van der Waals surface area contributed by atoms with Crippen LogP contribution in [-0.4, -0.2) is 37.2 Å². The summed E-state index contributed by atoms with van der Waals surface area (Å²) in [7, 11) is 1.99. The molecule has 0 saturated carbocycles. The smallest absolute Gasteiger partial charge is 0.407 e. The summed E-state index contributed by atoms with van der Waals surface area (Å²) >= 11 is 0. The highest BCUT2D eigenvalue weighted by Crippen LogP contribution is 2.14. The third-order valence-electron chi connectivity index (χ3n) is 3.45. The van der Waals surface area contributed by atoms with Crippen LogP contribution in [-0.2, 0) is 11.3 Å². The van der Waals surface area contributed by atoms with Gasteiger partial charge in [0.1, 0.15) is 11.9 Å². The number of benzene rings is 1. The van der Waals surface area contributed by atoms with Crippen LogP contribution >= 0.6 is 0 Å². The van der Waals surface area contributed by atoms with Gasteiger partial charge in [0.25, 0.3) is 0 Å². The molecule has 1 saturated heterocycles. The number of alkyl carbamates (subject to hydrolysis) is 1. The van der Waals surface area contributed by atoms with E-state index in [9.17, 15) is 18.0 Å². The van der Waals surface area contributed by atoms with Gasteiger partial charge in [0.15, 0.2) is 11.6 Å². The van der Waals surface area contributed by atoms with Crippen LogP contribution in [0.15, 0.2) is 12.1 Å². The van der Waals surface area contributed by atoms with E-state index in [1.807, 2.05) is 7.05 Å². The van der Waals surface area contributed by atoms with Crippen molar-refractivity contribution in [2.75, 3.05) is 20.1 Å². The molecule has 116 valence electrons. The van der Waals surface area contributed by atoms with E-state index in [1.54, 1.807) is 0 Å². The molecular weight excluding hydrogens is 285 g/mol. The van der Waals surface area contributed by atoms with Crippen LogP contribution in [0.5, 0.6) is 0 Å². The Kier molecular flexibility index (Phi) is 5.06. The molecule has 2 rings (SSSR count). The Morgan fingerprint density at radius 1 is 1.24 bits per heavy atom. The molecule has 0 unspecified atom stereocenters. The quantitative estimate of drug-likeness (QED) is 0.872. The molecule has 1 aliphatic rings. The first-order valence-corrected chi connectivity index (χ1v) is 6.72. The molecule has 1 N–H and O–H groups in total. The Hall–Kier alpha value is -1.76. The van der Waals surface area contributed by atoms with Crippen molar-refractivity contribution in [3.05, 3.63) is 35.1 Å². The summed E-state index contributed by atoms with van der Waals surface area (Å²) < 4.78 is 44.3. The van der Waals surface area contributed by atoms with E-state index in [2.05, 4.69) is 10.2 Å². The van der Waals surface area contributed by atoms with Gasteiger partial charge in [0.05, 0.1) is 0 Å². The lowest BCUT2D eigenvalue weighted by molar-refractivity contribution is 0.0569. The van der Waals surface area contributed by atoms with Crippen LogP contribution in [0.3, 0.4) is 0 Å². The predicted molar refractivity (Wildman–Crippen MR) is 70.2 cm³/mol. The summed E-state index contributed by atoms with van der Waals surface area (Å²) in [5.74, 6) is -3.32. The summed E-state index contributed by atoms with van der Waals surface area (Å²) in [5, 5.41) is 2.34. The van der Waals surface area contributed by atoms with Crippen molar-refractivity contribution in [2.24, 2.45) is 0 Å².